The van der Waals surface area contributed by atoms with Gasteiger partial charge in [-0.3, -0.25) is 4.99 Å². The van der Waals surface area contributed by atoms with Crippen LogP contribution in [0.3, 0.4) is 0 Å². The molecule has 0 aromatic heterocycles. The van der Waals surface area contributed by atoms with Crippen molar-refractivity contribution in [1.82, 2.24) is 10.6 Å². The van der Waals surface area contributed by atoms with Crippen molar-refractivity contribution in [1.29, 1.82) is 0 Å². The minimum atomic E-state index is -0.264. The van der Waals surface area contributed by atoms with Gasteiger partial charge in [0.05, 0.1) is 24.4 Å². The van der Waals surface area contributed by atoms with Crippen LogP contribution in [0.2, 0.25) is 0 Å². The van der Waals surface area contributed by atoms with Gasteiger partial charge in [-0.05, 0) is 38.0 Å². The van der Waals surface area contributed by atoms with E-state index < -0.39 is 0 Å². The summed E-state index contributed by atoms with van der Waals surface area (Å²) >= 11 is 0. The summed E-state index contributed by atoms with van der Waals surface area (Å²) in [6.07, 6.45) is 10.1. The summed E-state index contributed by atoms with van der Waals surface area (Å²) in [5.74, 6) is 1.25. The van der Waals surface area contributed by atoms with E-state index in [4.69, 9.17) is 4.74 Å². The van der Waals surface area contributed by atoms with E-state index in [9.17, 15) is 5.11 Å². The van der Waals surface area contributed by atoms with Crippen molar-refractivity contribution in [3.05, 3.63) is 0 Å². The number of aliphatic imine (C=N–C) groups is 1. The number of nitrogens with zero attached hydrogens (tertiary/aromatic N) is 1. The highest BCUT2D eigenvalue weighted by Gasteiger charge is 2.41. The van der Waals surface area contributed by atoms with Crippen LogP contribution in [0, 0.1) is 5.92 Å². The average Bonchev–Trinajstić information content (AvgIpc) is 3.14. The van der Waals surface area contributed by atoms with Gasteiger partial charge >= 0.3 is 0 Å². The van der Waals surface area contributed by atoms with Gasteiger partial charge in [0.2, 0.25) is 0 Å². The summed E-state index contributed by atoms with van der Waals surface area (Å²) in [7, 11) is 1.79. The molecule has 3 fully saturated rings. The Bertz CT molecular complexity index is 374. The van der Waals surface area contributed by atoms with Crippen LogP contribution in [0.5, 0.6) is 0 Å². The smallest absolute Gasteiger partial charge is 0.191 e. The molecule has 2 saturated heterocycles. The molecule has 0 aromatic carbocycles. The molecule has 0 aromatic rings. The molecule has 3 rings (SSSR count). The minimum Gasteiger partial charge on any atom is -0.391 e. The van der Waals surface area contributed by atoms with Gasteiger partial charge in [-0.15, -0.1) is 24.0 Å². The third kappa shape index (κ3) is 4.47. The first-order valence-electron chi connectivity index (χ1n) is 8.57. The maximum absolute atomic E-state index is 10.3. The van der Waals surface area contributed by atoms with E-state index in [0.29, 0.717) is 30.7 Å². The van der Waals surface area contributed by atoms with Gasteiger partial charge in [-0.2, -0.15) is 0 Å². The van der Waals surface area contributed by atoms with E-state index in [-0.39, 0.29) is 30.1 Å². The van der Waals surface area contributed by atoms with E-state index >= 15 is 0 Å². The number of hydrogen-bond acceptors (Lipinski definition) is 3. The number of nitrogens with one attached hydrogen (secondary N) is 2. The van der Waals surface area contributed by atoms with E-state index in [1.165, 1.54) is 25.7 Å². The maximum Gasteiger partial charge on any atom is 0.191 e. The predicted octanol–water partition coefficient (Wildman–Crippen LogP) is 2.03. The number of rotatable bonds is 4. The van der Waals surface area contributed by atoms with Crippen molar-refractivity contribution in [2.45, 2.75) is 75.7 Å². The highest BCUT2D eigenvalue weighted by atomic mass is 127. The lowest BCUT2D eigenvalue weighted by atomic mass is 9.85. The lowest BCUT2D eigenvalue weighted by Gasteiger charge is -2.28. The van der Waals surface area contributed by atoms with E-state index in [2.05, 4.69) is 15.6 Å². The SMILES string of the molecule is CN=C(NCC(O)C1CCCCC1)NC1CC2CCC1O2.I. The van der Waals surface area contributed by atoms with Gasteiger partial charge < -0.3 is 20.5 Å². The molecule has 3 aliphatic rings. The number of guanidine groups is 1. The molecule has 3 N–H and O–H groups in total. The topological polar surface area (TPSA) is 65.9 Å². The second kappa shape index (κ2) is 8.68. The number of ether oxygens (including phenoxy) is 1. The second-order valence-corrected chi connectivity index (χ2v) is 6.78. The lowest BCUT2D eigenvalue weighted by Crippen LogP contribution is -2.49. The van der Waals surface area contributed by atoms with Crippen molar-refractivity contribution in [2.75, 3.05) is 13.6 Å². The summed E-state index contributed by atoms with van der Waals surface area (Å²) in [6.45, 7) is 0.589. The van der Waals surface area contributed by atoms with Gasteiger partial charge in [0, 0.05) is 13.6 Å². The normalized spacial score (nSPS) is 33.4. The molecule has 0 amide bonds. The van der Waals surface area contributed by atoms with Crippen molar-refractivity contribution in [3.8, 4) is 0 Å². The third-order valence-corrected chi connectivity index (χ3v) is 5.32. The first kappa shape index (κ1) is 18.3. The van der Waals surface area contributed by atoms with Gasteiger partial charge in [-0.1, -0.05) is 19.3 Å². The Morgan fingerprint density at radius 3 is 2.59 bits per heavy atom. The summed E-state index contributed by atoms with van der Waals surface area (Å²) in [5, 5.41) is 17.1. The van der Waals surface area contributed by atoms with Crippen LogP contribution < -0.4 is 10.6 Å². The average molecular weight is 423 g/mol. The highest BCUT2D eigenvalue weighted by molar-refractivity contribution is 14.0. The van der Waals surface area contributed by atoms with Crippen LogP contribution in [-0.4, -0.2) is 49.0 Å². The first-order chi connectivity index (χ1) is 10.3. The molecule has 22 heavy (non-hydrogen) atoms. The number of fused-ring (bicyclic) bond motifs is 2. The Morgan fingerprint density at radius 1 is 1.23 bits per heavy atom. The minimum absolute atomic E-state index is 0. The van der Waals surface area contributed by atoms with Crippen LogP contribution in [0.25, 0.3) is 0 Å². The van der Waals surface area contributed by atoms with Crippen LogP contribution in [0.15, 0.2) is 4.99 Å². The van der Waals surface area contributed by atoms with Crippen LogP contribution >= 0.6 is 24.0 Å². The number of aliphatic hydroxyl groups excluding tert-OH is 1. The van der Waals surface area contributed by atoms with Gasteiger partial charge in [0.1, 0.15) is 0 Å². The molecule has 2 heterocycles. The summed E-state index contributed by atoms with van der Waals surface area (Å²) in [5.41, 5.74) is 0. The van der Waals surface area contributed by atoms with Crippen molar-refractivity contribution >= 4 is 29.9 Å². The molecule has 128 valence electrons. The van der Waals surface area contributed by atoms with Crippen molar-refractivity contribution in [3.63, 3.8) is 0 Å². The zero-order chi connectivity index (χ0) is 14.7. The fourth-order valence-corrected chi connectivity index (χ4v) is 4.05. The molecular weight excluding hydrogens is 393 g/mol. The second-order valence-electron chi connectivity index (χ2n) is 6.78. The third-order valence-electron chi connectivity index (χ3n) is 5.32. The Morgan fingerprint density at radius 2 is 2.00 bits per heavy atom. The fourth-order valence-electron chi connectivity index (χ4n) is 4.05. The lowest BCUT2D eigenvalue weighted by molar-refractivity contribution is 0.0876. The van der Waals surface area contributed by atoms with Gasteiger partial charge in [0.25, 0.3) is 0 Å². The highest BCUT2D eigenvalue weighted by Crippen LogP contribution is 2.34. The van der Waals surface area contributed by atoms with Gasteiger partial charge in [-0.25, -0.2) is 0 Å². The van der Waals surface area contributed by atoms with E-state index in [0.717, 1.165) is 31.6 Å². The quantitative estimate of drug-likeness (QED) is 0.368. The fraction of sp³-hybridized carbons (Fsp3) is 0.938. The van der Waals surface area contributed by atoms with Crippen LogP contribution in [0.1, 0.15) is 51.4 Å². The molecule has 4 atom stereocenters. The Kier molecular flexibility index (Phi) is 7.21. The molecule has 0 radical (unpaired) electrons. The van der Waals surface area contributed by atoms with Gasteiger partial charge in [0.15, 0.2) is 5.96 Å². The summed E-state index contributed by atoms with van der Waals surface area (Å²) in [4.78, 5) is 4.28. The van der Waals surface area contributed by atoms with E-state index in [1.807, 2.05) is 0 Å². The van der Waals surface area contributed by atoms with Crippen molar-refractivity contribution < 1.29 is 9.84 Å². The van der Waals surface area contributed by atoms with Crippen molar-refractivity contribution in [2.24, 2.45) is 10.9 Å². The maximum atomic E-state index is 10.3. The molecular formula is C16H30IN3O2. The molecule has 4 unspecified atom stereocenters. The Hall–Kier alpha value is -0.0800. The zero-order valence-corrected chi connectivity index (χ0v) is 15.8. The predicted molar refractivity (Wildman–Crippen MR) is 98.8 cm³/mol. The monoisotopic (exact) mass is 423 g/mol. The Balaban J connectivity index is 0.00000176. The number of hydrogen-bond donors (Lipinski definition) is 3. The van der Waals surface area contributed by atoms with Crippen LogP contribution in [-0.2, 0) is 4.74 Å². The summed E-state index contributed by atoms with van der Waals surface area (Å²) < 4.78 is 5.86. The van der Waals surface area contributed by atoms with E-state index in [1.54, 1.807) is 7.05 Å². The molecule has 1 aliphatic carbocycles. The first-order valence-corrected chi connectivity index (χ1v) is 8.57. The molecule has 5 nitrogen and oxygen atoms in total. The molecule has 1 saturated carbocycles. The zero-order valence-electron chi connectivity index (χ0n) is 13.5. The molecule has 0 spiro atoms. The largest absolute Gasteiger partial charge is 0.391 e. The van der Waals surface area contributed by atoms with Crippen LogP contribution in [0.4, 0.5) is 0 Å². The number of aliphatic hydroxyl groups is 1. The number of halogens is 1. The molecule has 2 aliphatic heterocycles. The summed E-state index contributed by atoms with van der Waals surface area (Å²) in [6, 6.07) is 0.377. The molecule has 6 heteroatoms. The Labute approximate surface area is 150 Å². The standard InChI is InChI=1S/C16H29N3O2.HI/c1-17-16(19-13-9-12-7-8-15(13)21-12)18-10-14(20)11-5-3-2-4-6-11;/h11-15,20H,2-10H2,1H3,(H2,17,18,19);1H. The molecule has 2 bridgehead atoms.